The normalized spacial score (nSPS) is 15.1. The number of benzene rings is 2. The second-order valence-electron chi connectivity index (χ2n) is 6.75. The maximum atomic E-state index is 13.4. The molecule has 7 heteroatoms. The summed E-state index contributed by atoms with van der Waals surface area (Å²) in [7, 11) is 0. The number of phenols is 1. The molecule has 1 heterocycles. The van der Waals surface area contributed by atoms with Crippen molar-refractivity contribution in [3.05, 3.63) is 59.9 Å². The summed E-state index contributed by atoms with van der Waals surface area (Å²) >= 11 is 0. The Morgan fingerprint density at radius 2 is 1.89 bits per heavy atom. The van der Waals surface area contributed by atoms with Crippen molar-refractivity contribution in [2.45, 2.75) is 32.4 Å². The van der Waals surface area contributed by atoms with Gasteiger partial charge in [-0.05, 0) is 55.7 Å². The van der Waals surface area contributed by atoms with E-state index >= 15 is 0 Å². The third-order valence-corrected chi connectivity index (χ3v) is 4.71. The Balaban J connectivity index is 0.00000280. The van der Waals surface area contributed by atoms with Crippen LogP contribution in [0.15, 0.2) is 53.5 Å². The summed E-state index contributed by atoms with van der Waals surface area (Å²) in [6, 6.07) is 14.2. The molecule has 1 fully saturated rings. The molecule has 2 aromatic rings. The number of rotatable bonds is 5. The van der Waals surface area contributed by atoms with Crippen molar-refractivity contribution >= 4 is 35.6 Å². The maximum Gasteiger partial charge on any atom is 0.191 e. The maximum absolute atomic E-state index is 13.4. The molecule has 1 aliphatic heterocycles. The van der Waals surface area contributed by atoms with E-state index in [-0.39, 0.29) is 35.5 Å². The van der Waals surface area contributed by atoms with Crippen LogP contribution >= 0.6 is 24.0 Å². The van der Waals surface area contributed by atoms with Gasteiger partial charge in [0.05, 0.1) is 6.54 Å². The van der Waals surface area contributed by atoms with Gasteiger partial charge in [0, 0.05) is 31.4 Å². The average Bonchev–Trinajstić information content (AvgIpc) is 2.68. The summed E-state index contributed by atoms with van der Waals surface area (Å²) in [5.41, 5.74) is 1.99. The Morgan fingerprint density at radius 3 is 2.54 bits per heavy atom. The topological polar surface area (TPSA) is 59.9 Å². The predicted molar refractivity (Wildman–Crippen MR) is 123 cm³/mol. The zero-order chi connectivity index (χ0) is 19.1. The van der Waals surface area contributed by atoms with Crippen molar-refractivity contribution in [2.24, 2.45) is 4.99 Å². The highest BCUT2D eigenvalue weighted by atomic mass is 127. The van der Waals surface area contributed by atoms with Gasteiger partial charge in [-0.15, -0.1) is 24.0 Å². The van der Waals surface area contributed by atoms with E-state index in [1.54, 1.807) is 24.3 Å². The Morgan fingerprint density at radius 1 is 1.18 bits per heavy atom. The number of hydrogen-bond donors (Lipinski definition) is 3. The number of hydrogen-bond acceptors (Lipinski definition) is 3. The second-order valence-corrected chi connectivity index (χ2v) is 6.75. The zero-order valence-electron chi connectivity index (χ0n) is 16.1. The molecule has 0 amide bonds. The lowest BCUT2D eigenvalue weighted by Crippen LogP contribution is -2.48. The summed E-state index contributed by atoms with van der Waals surface area (Å²) in [4.78, 5) is 6.87. The number of aliphatic imine (C=N–C) groups is 1. The highest BCUT2D eigenvalue weighted by molar-refractivity contribution is 14.0. The van der Waals surface area contributed by atoms with Crippen LogP contribution in [0, 0.1) is 5.82 Å². The molecule has 1 saturated heterocycles. The largest absolute Gasteiger partial charge is 0.508 e. The first-order valence-electron chi connectivity index (χ1n) is 9.47. The van der Waals surface area contributed by atoms with Crippen molar-refractivity contribution in [1.82, 2.24) is 10.6 Å². The fourth-order valence-electron chi connectivity index (χ4n) is 3.24. The number of anilines is 1. The Bertz CT molecular complexity index is 761. The molecule has 3 rings (SSSR count). The third kappa shape index (κ3) is 6.54. The van der Waals surface area contributed by atoms with Crippen LogP contribution in [0.4, 0.5) is 10.1 Å². The van der Waals surface area contributed by atoms with Gasteiger partial charge in [-0.1, -0.05) is 18.2 Å². The smallest absolute Gasteiger partial charge is 0.191 e. The molecule has 2 aromatic carbocycles. The zero-order valence-corrected chi connectivity index (χ0v) is 18.4. The van der Waals surface area contributed by atoms with E-state index in [0.717, 1.165) is 49.7 Å². The van der Waals surface area contributed by atoms with E-state index in [4.69, 9.17) is 0 Å². The first kappa shape index (κ1) is 22.3. The minimum absolute atomic E-state index is 0. The highest BCUT2D eigenvalue weighted by Gasteiger charge is 2.20. The Hall–Kier alpha value is -2.03. The fourth-order valence-corrected chi connectivity index (χ4v) is 3.24. The van der Waals surface area contributed by atoms with Crippen LogP contribution in [0.5, 0.6) is 5.75 Å². The van der Waals surface area contributed by atoms with Crippen molar-refractivity contribution in [1.29, 1.82) is 0 Å². The molecular weight excluding hydrogens is 470 g/mol. The fraction of sp³-hybridized carbons (Fsp3) is 0.381. The quantitative estimate of drug-likeness (QED) is 0.333. The van der Waals surface area contributed by atoms with Crippen LogP contribution in [0.1, 0.15) is 25.3 Å². The monoisotopic (exact) mass is 498 g/mol. The number of nitrogens with zero attached hydrogens (tertiary/aromatic N) is 2. The van der Waals surface area contributed by atoms with Crippen molar-refractivity contribution in [2.75, 3.05) is 24.5 Å². The van der Waals surface area contributed by atoms with E-state index in [1.807, 2.05) is 25.1 Å². The third-order valence-electron chi connectivity index (χ3n) is 4.71. The molecule has 0 spiro atoms. The summed E-state index contributed by atoms with van der Waals surface area (Å²) in [6.07, 6.45) is 1.94. The minimum Gasteiger partial charge on any atom is -0.508 e. The van der Waals surface area contributed by atoms with E-state index in [9.17, 15) is 9.50 Å². The van der Waals surface area contributed by atoms with Crippen molar-refractivity contribution in [3.8, 4) is 5.75 Å². The van der Waals surface area contributed by atoms with Gasteiger partial charge in [-0.3, -0.25) is 0 Å². The van der Waals surface area contributed by atoms with E-state index in [0.29, 0.717) is 12.6 Å². The number of aromatic hydroxyl groups is 1. The first-order chi connectivity index (χ1) is 13.1. The number of halogens is 2. The Labute approximate surface area is 183 Å². The standard InChI is InChI=1S/C21H27FN4O.HI/c1-2-23-21(24-15-16-6-8-20(27)9-7-16)25-18-10-12-26(13-11-18)19-5-3-4-17(22)14-19;/h3-9,14,18,27H,2,10-13,15H2,1H3,(H2,23,24,25);1H. The molecule has 0 bridgehead atoms. The van der Waals surface area contributed by atoms with E-state index < -0.39 is 0 Å². The van der Waals surface area contributed by atoms with E-state index in [1.165, 1.54) is 6.07 Å². The number of piperidine rings is 1. The molecule has 0 atom stereocenters. The van der Waals surface area contributed by atoms with Gasteiger partial charge in [-0.25, -0.2) is 9.38 Å². The van der Waals surface area contributed by atoms with Crippen LogP contribution in [-0.2, 0) is 6.54 Å². The van der Waals surface area contributed by atoms with Gasteiger partial charge in [0.2, 0.25) is 0 Å². The highest BCUT2D eigenvalue weighted by Crippen LogP contribution is 2.20. The molecule has 0 saturated carbocycles. The summed E-state index contributed by atoms with van der Waals surface area (Å²) in [5, 5.41) is 16.2. The summed E-state index contributed by atoms with van der Waals surface area (Å²) < 4.78 is 13.4. The molecule has 0 aliphatic carbocycles. The van der Waals surface area contributed by atoms with Gasteiger partial charge >= 0.3 is 0 Å². The van der Waals surface area contributed by atoms with Crippen LogP contribution in [-0.4, -0.2) is 36.7 Å². The number of phenolic OH excluding ortho intramolecular Hbond substituents is 1. The van der Waals surface area contributed by atoms with Crippen molar-refractivity contribution in [3.63, 3.8) is 0 Å². The second kappa shape index (κ2) is 11.1. The molecule has 0 aromatic heterocycles. The molecule has 0 radical (unpaired) electrons. The molecule has 0 unspecified atom stereocenters. The molecule has 3 N–H and O–H groups in total. The lowest BCUT2D eigenvalue weighted by Gasteiger charge is -2.34. The molecule has 5 nitrogen and oxygen atoms in total. The first-order valence-corrected chi connectivity index (χ1v) is 9.47. The van der Waals surface area contributed by atoms with Gasteiger partial charge in [0.1, 0.15) is 11.6 Å². The minimum atomic E-state index is -0.191. The molecule has 28 heavy (non-hydrogen) atoms. The lowest BCUT2D eigenvalue weighted by atomic mass is 10.0. The summed E-state index contributed by atoms with van der Waals surface area (Å²) in [5.74, 6) is 0.871. The Kier molecular flexibility index (Phi) is 8.82. The SMILES string of the molecule is CCNC(=NCc1ccc(O)cc1)NC1CCN(c2cccc(F)c2)CC1.I. The van der Waals surface area contributed by atoms with Crippen LogP contribution < -0.4 is 15.5 Å². The molecule has 152 valence electrons. The van der Waals surface area contributed by atoms with Crippen LogP contribution in [0.2, 0.25) is 0 Å². The predicted octanol–water partition coefficient (Wildman–Crippen LogP) is 3.87. The molecule has 1 aliphatic rings. The van der Waals surface area contributed by atoms with Gasteiger partial charge in [0.15, 0.2) is 5.96 Å². The number of nitrogens with one attached hydrogen (secondary N) is 2. The average molecular weight is 498 g/mol. The number of guanidine groups is 1. The van der Waals surface area contributed by atoms with E-state index in [2.05, 4.69) is 20.5 Å². The van der Waals surface area contributed by atoms with Crippen LogP contribution in [0.3, 0.4) is 0 Å². The lowest BCUT2D eigenvalue weighted by molar-refractivity contribution is 0.461. The van der Waals surface area contributed by atoms with Crippen molar-refractivity contribution < 1.29 is 9.50 Å². The summed E-state index contributed by atoms with van der Waals surface area (Å²) in [6.45, 7) is 5.17. The molecular formula is C21H28FIN4O. The van der Waals surface area contributed by atoms with Gasteiger partial charge < -0.3 is 20.6 Å². The van der Waals surface area contributed by atoms with Gasteiger partial charge in [0.25, 0.3) is 0 Å². The van der Waals surface area contributed by atoms with Crippen LogP contribution in [0.25, 0.3) is 0 Å². The van der Waals surface area contributed by atoms with Gasteiger partial charge in [-0.2, -0.15) is 0 Å².